The van der Waals surface area contributed by atoms with E-state index in [0.717, 1.165) is 22.3 Å². The summed E-state index contributed by atoms with van der Waals surface area (Å²) in [4.78, 5) is 71.7. The first-order valence-corrected chi connectivity index (χ1v) is 19.8. The zero-order valence-electron chi connectivity index (χ0n) is 34.9. The predicted molar refractivity (Wildman–Crippen MR) is 224 cm³/mol. The molecule has 316 valence electrons. The summed E-state index contributed by atoms with van der Waals surface area (Å²) in [6, 6.07) is 36.4. The van der Waals surface area contributed by atoms with Gasteiger partial charge in [0.25, 0.3) is 0 Å². The third-order valence-corrected chi connectivity index (χ3v) is 11.6. The Morgan fingerprint density at radius 1 is 0.567 bits per heavy atom. The fraction of sp³-hybridized carbons (Fsp3) is 0.362. The molecule has 4 aromatic rings. The first-order valence-electron chi connectivity index (χ1n) is 19.8. The molecular weight excluding hydrogens is 765 g/mol. The number of carboxylic acids is 1. The lowest BCUT2D eigenvalue weighted by atomic mass is 9.76. The van der Waals surface area contributed by atoms with Crippen LogP contribution >= 0.6 is 0 Å². The van der Waals surface area contributed by atoms with Crippen molar-refractivity contribution < 1.29 is 43.3 Å². The maximum Gasteiger partial charge on any atom is 0.407 e. The quantitative estimate of drug-likeness (QED) is 0.125. The van der Waals surface area contributed by atoms with E-state index in [1.807, 2.05) is 135 Å². The summed E-state index contributed by atoms with van der Waals surface area (Å²) in [5, 5.41) is 20.8. The second kappa shape index (κ2) is 18.6. The Morgan fingerprint density at radius 3 is 1.37 bits per heavy atom. The minimum absolute atomic E-state index is 0.0882. The van der Waals surface area contributed by atoms with Gasteiger partial charge in [0.05, 0.1) is 59.4 Å². The van der Waals surface area contributed by atoms with Gasteiger partial charge in [0.2, 0.25) is 17.7 Å². The average Bonchev–Trinajstić information content (AvgIpc) is 3.74. The van der Waals surface area contributed by atoms with Crippen molar-refractivity contribution in [3.63, 3.8) is 0 Å². The number of aliphatic carboxylic acids is 1. The second-order valence-corrected chi connectivity index (χ2v) is 16.8. The Labute approximate surface area is 350 Å². The Bertz CT molecular complexity index is 2140. The normalized spacial score (nSPS) is 24.1. The van der Waals surface area contributed by atoms with Gasteiger partial charge in [0.1, 0.15) is 6.61 Å². The lowest BCUT2D eigenvalue weighted by molar-refractivity contribution is -0.151. The molecule has 0 spiro atoms. The van der Waals surface area contributed by atoms with Crippen LogP contribution < -0.4 is 21.3 Å². The SMILES string of the molecule is CC1(C)C(=O)NC(c2ccccc2)[C@H]1C(=O)O.CC1(C)C(=O)NC(c2ccccc2)[C@H]1NC(=O)OCc1ccccc1.COC(=O)C1C(c2ccccc2)NC(=O)C1(C)C. The van der Waals surface area contributed by atoms with Gasteiger partial charge in [-0.3, -0.25) is 24.0 Å². The van der Waals surface area contributed by atoms with Crippen LogP contribution in [0.3, 0.4) is 0 Å². The number of rotatable bonds is 8. The molecule has 6 atom stereocenters. The largest absolute Gasteiger partial charge is 0.481 e. The molecule has 4 unspecified atom stereocenters. The van der Waals surface area contributed by atoms with Crippen LogP contribution in [0.25, 0.3) is 0 Å². The summed E-state index contributed by atoms with van der Waals surface area (Å²) in [5.74, 6) is -2.95. The van der Waals surface area contributed by atoms with Gasteiger partial charge in [-0.05, 0) is 36.1 Å². The highest BCUT2D eigenvalue weighted by molar-refractivity contribution is 5.93. The summed E-state index contributed by atoms with van der Waals surface area (Å²) in [6.07, 6.45) is -0.528. The summed E-state index contributed by atoms with van der Waals surface area (Å²) < 4.78 is 10.2. The maximum absolute atomic E-state index is 12.3. The summed E-state index contributed by atoms with van der Waals surface area (Å²) in [5.41, 5.74) is 1.25. The topological polar surface area (TPSA) is 189 Å². The van der Waals surface area contributed by atoms with E-state index in [2.05, 4.69) is 21.3 Å². The molecule has 4 amide bonds. The molecule has 4 aromatic carbocycles. The third-order valence-electron chi connectivity index (χ3n) is 11.6. The van der Waals surface area contributed by atoms with Crippen molar-refractivity contribution in [1.29, 1.82) is 0 Å². The number of benzene rings is 4. The lowest BCUT2D eigenvalue weighted by Crippen LogP contribution is -2.46. The van der Waals surface area contributed by atoms with Gasteiger partial charge >= 0.3 is 18.0 Å². The first-order chi connectivity index (χ1) is 28.4. The monoisotopic (exact) mass is 818 g/mol. The van der Waals surface area contributed by atoms with E-state index in [1.165, 1.54) is 7.11 Å². The average molecular weight is 819 g/mol. The van der Waals surface area contributed by atoms with Gasteiger partial charge in [0, 0.05) is 0 Å². The standard InChI is InChI=1S/C20H22N2O3.C14H17NO3.C13H15NO3/c1-20(2)17(16(21-18(20)23)15-11-7-4-8-12-15)22-19(24)25-13-14-9-5-3-6-10-14;1-14(2)10(12(16)18-3)11(15-13(14)17)9-7-5-4-6-8-9;1-13(2)9(11(15)16)10(14-12(13)17)8-6-4-3-5-7-8/h3-12,16-17H,13H2,1-2H3,(H,21,23)(H,22,24);4-8,10-11H,1-3H3,(H,15,17);3-7,9-10H,1-2H3,(H,14,17)(H,15,16)/t16?,17-;;9-,10?/m1.0/s1. The molecule has 0 aromatic heterocycles. The summed E-state index contributed by atoms with van der Waals surface area (Å²) in [7, 11) is 1.35. The summed E-state index contributed by atoms with van der Waals surface area (Å²) >= 11 is 0. The number of alkyl carbamates (subject to hydrolysis) is 1. The van der Waals surface area contributed by atoms with Gasteiger partial charge in [-0.15, -0.1) is 0 Å². The highest BCUT2D eigenvalue weighted by Gasteiger charge is 2.54. The van der Waals surface area contributed by atoms with E-state index in [0.29, 0.717) is 0 Å². The highest BCUT2D eigenvalue weighted by atomic mass is 16.5. The minimum Gasteiger partial charge on any atom is -0.481 e. The molecule has 3 fully saturated rings. The van der Waals surface area contributed by atoms with Gasteiger partial charge < -0.3 is 35.8 Å². The van der Waals surface area contributed by atoms with Crippen LogP contribution in [-0.2, 0) is 40.1 Å². The minimum atomic E-state index is -0.942. The van der Waals surface area contributed by atoms with Crippen molar-refractivity contribution in [1.82, 2.24) is 21.3 Å². The molecule has 5 N–H and O–H groups in total. The Morgan fingerprint density at radius 2 is 0.933 bits per heavy atom. The number of carboxylic acid groups (broad SMARTS) is 1. The summed E-state index contributed by atoms with van der Waals surface area (Å²) in [6.45, 7) is 10.7. The van der Waals surface area contributed by atoms with Gasteiger partial charge in [0.15, 0.2) is 0 Å². The maximum atomic E-state index is 12.3. The molecule has 3 aliphatic heterocycles. The van der Waals surface area contributed by atoms with Gasteiger partial charge in [-0.1, -0.05) is 149 Å². The Balaban J connectivity index is 0.000000175. The lowest BCUT2D eigenvalue weighted by Gasteiger charge is -2.28. The third kappa shape index (κ3) is 9.68. The number of nitrogens with one attached hydrogen (secondary N) is 4. The molecule has 0 bridgehead atoms. The first kappa shape index (κ1) is 44.6. The van der Waals surface area contributed by atoms with E-state index in [4.69, 9.17) is 9.47 Å². The zero-order chi connectivity index (χ0) is 43.8. The van der Waals surface area contributed by atoms with Crippen LogP contribution in [0.2, 0.25) is 0 Å². The van der Waals surface area contributed by atoms with E-state index in [1.54, 1.807) is 27.7 Å². The Hall–Kier alpha value is -6.50. The van der Waals surface area contributed by atoms with E-state index >= 15 is 0 Å². The van der Waals surface area contributed by atoms with Crippen molar-refractivity contribution in [3.05, 3.63) is 144 Å². The van der Waals surface area contributed by atoms with Crippen molar-refractivity contribution in [2.75, 3.05) is 7.11 Å². The molecule has 3 heterocycles. The molecule has 3 saturated heterocycles. The number of methoxy groups -OCH3 is 1. The number of carbonyl (C=O) groups is 6. The van der Waals surface area contributed by atoms with Crippen LogP contribution in [-0.4, -0.2) is 54.0 Å². The number of esters is 1. The molecule has 60 heavy (non-hydrogen) atoms. The molecule has 13 nitrogen and oxygen atoms in total. The number of amides is 4. The molecule has 7 rings (SSSR count). The smallest absolute Gasteiger partial charge is 0.407 e. The number of hydrogen-bond acceptors (Lipinski definition) is 8. The zero-order valence-corrected chi connectivity index (χ0v) is 34.9. The molecule has 0 saturated carbocycles. The highest BCUT2D eigenvalue weighted by Crippen LogP contribution is 2.44. The molecular formula is C47H54N4O9. The van der Waals surface area contributed by atoms with Crippen molar-refractivity contribution >= 4 is 35.8 Å². The van der Waals surface area contributed by atoms with Crippen LogP contribution in [0.1, 0.15) is 81.9 Å². The van der Waals surface area contributed by atoms with Gasteiger partial charge in [-0.25, -0.2) is 4.79 Å². The van der Waals surface area contributed by atoms with Crippen LogP contribution in [0.15, 0.2) is 121 Å². The molecule has 3 aliphatic rings. The van der Waals surface area contributed by atoms with Crippen molar-refractivity contribution in [2.45, 2.75) is 72.3 Å². The second-order valence-electron chi connectivity index (χ2n) is 16.8. The van der Waals surface area contributed by atoms with Crippen LogP contribution in [0, 0.1) is 28.1 Å². The van der Waals surface area contributed by atoms with Crippen molar-refractivity contribution in [2.24, 2.45) is 28.1 Å². The van der Waals surface area contributed by atoms with E-state index < -0.39 is 52.2 Å². The van der Waals surface area contributed by atoms with Crippen LogP contribution in [0.5, 0.6) is 0 Å². The molecule has 0 radical (unpaired) electrons. The van der Waals surface area contributed by atoms with E-state index in [-0.39, 0.29) is 42.4 Å². The number of carbonyl (C=O) groups excluding carboxylic acids is 5. The molecule has 13 heteroatoms. The number of ether oxygens (including phenoxy) is 2. The van der Waals surface area contributed by atoms with Crippen LogP contribution in [0.4, 0.5) is 4.79 Å². The Kier molecular flexibility index (Phi) is 13.8. The predicted octanol–water partition coefficient (Wildman–Crippen LogP) is 6.44. The van der Waals surface area contributed by atoms with E-state index in [9.17, 15) is 33.9 Å². The van der Waals surface area contributed by atoms with Crippen molar-refractivity contribution in [3.8, 4) is 0 Å². The number of hydrogen-bond donors (Lipinski definition) is 5. The molecule has 0 aliphatic carbocycles. The fourth-order valence-corrected chi connectivity index (χ4v) is 7.88. The van der Waals surface area contributed by atoms with Gasteiger partial charge in [-0.2, -0.15) is 0 Å². The fourth-order valence-electron chi connectivity index (χ4n) is 7.88.